The zero-order chi connectivity index (χ0) is 32.0. The highest BCUT2D eigenvalue weighted by atomic mass is 19.1. The van der Waals surface area contributed by atoms with Crippen molar-refractivity contribution in [2.75, 3.05) is 25.5 Å². The Morgan fingerprint density at radius 1 is 1.16 bits per heavy atom. The minimum atomic E-state index is -0.356. The summed E-state index contributed by atoms with van der Waals surface area (Å²) in [5.74, 6) is 2.77. The number of aromatic nitrogens is 2. The molecule has 7 rings (SSSR count). The van der Waals surface area contributed by atoms with Gasteiger partial charge in [-0.1, -0.05) is 26.8 Å². The fourth-order valence-electron chi connectivity index (χ4n) is 7.96. The summed E-state index contributed by atoms with van der Waals surface area (Å²) in [6, 6.07) is 10.7. The normalized spacial score (nSPS) is 27.6. The first-order chi connectivity index (χ1) is 21.5. The molecule has 1 N–H and O–H groups in total. The van der Waals surface area contributed by atoms with Gasteiger partial charge in [0.05, 0.1) is 42.5 Å². The Morgan fingerprint density at radius 3 is 2.56 bits per heavy atom. The Labute approximate surface area is 264 Å². The minimum Gasteiger partial charge on any atom is -0.497 e. The van der Waals surface area contributed by atoms with E-state index in [1.165, 1.54) is 30.5 Å². The Balaban J connectivity index is 1.25. The van der Waals surface area contributed by atoms with Gasteiger partial charge in [0.25, 0.3) is 5.56 Å². The molecule has 2 heterocycles. The second kappa shape index (κ2) is 12.0. The lowest BCUT2D eigenvalue weighted by molar-refractivity contribution is -0.108. The fourth-order valence-corrected chi connectivity index (χ4v) is 7.96. The van der Waals surface area contributed by atoms with E-state index in [4.69, 9.17) is 9.73 Å². The van der Waals surface area contributed by atoms with E-state index in [-0.39, 0.29) is 29.5 Å². The lowest BCUT2D eigenvalue weighted by atomic mass is 9.45. The van der Waals surface area contributed by atoms with E-state index in [9.17, 15) is 14.4 Å². The number of anilines is 1. The van der Waals surface area contributed by atoms with Crippen molar-refractivity contribution in [3.05, 3.63) is 64.5 Å². The van der Waals surface area contributed by atoms with Crippen LogP contribution in [0.15, 0.2) is 52.5 Å². The molecule has 1 aromatic heterocycles. The third-order valence-corrected chi connectivity index (χ3v) is 10.9. The second-order valence-electron chi connectivity index (χ2n) is 13.9. The zero-order valence-electron chi connectivity index (χ0n) is 27.1. The van der Waals surface area contributed by atoms with E-state index in [1.54, 1.807) is 18.2 Å². The molecule has 3 aliphatic carbocycles. The Morgan fingerprint density at radius 2 is 1.91 bits per heavy atom. The number of fused-ring (bicyclic) bond motifs is 3. The van der Waals surface area contributed by atoms with Gasteiger partial charge in [-0.2, -0.15) is 5.26 Å². The number of guanidine groups is 1. The summed E-state index contributed by atoms with van der Waals surface area (Å²) in [6.07, 6.45) is 6.63. The van der Waals surface area contributed by atoms with Crippen LogP contribution in [-0.4, -0.2) is 63.6 Å². The number of aliphatic imine (C=N–C) groups is 1. The molecule has 2 bridgehead atoms. The third kappa shape index (κ3) is 5.73. The number of nitrogens with one attached hydrogen (secondary N) is 1. The molecule has 238 valence electrons. The van der Waals surface area contributed by atoms with Gasteiger partial charge < -0.3 is 19.9 Å². The maximum Gasteiger partial charge on any atom is 0.261 e. The number of nitrogens with zero attached hydrogens (tertiary/aromatic N) is 6. The van der Waals surface area contributed by atoms with Crippen LogP contribution in [0.1, 0.15) is 53.0 Å². The fraction of sp³-hybridized carbons (Fsp3) is 0.543. The standard InChI is InChI=1S/C35H44FN7O2/c1-21-17-42(18-22(2)43(21)19-37)34(40-31-14-25-13-29(23(31)3)35(25,4)5)39-26-8-10-28-32(15-26)38-20-41(33(28)44)12-11-24-7-9-27(45-6)16-30(24)36/h7-10,15-16,20-23,25,29,31H,11-14,17-18H2,1-6H3,(H,39,40)/t21-,22-,23-,25-,29+,31?/m0/s1. The monoisotopic (exact) mass is 613 g/mol. The first kappa shape index (κ1) is 30.9. The van der Waals surface area contributed by atoms with Crippen LogP contribution in [0.4, 0.5) is 10.1 Å². The van der Waals surface area contributed by atoms with E-state index in [0.29, 0.717) is 71.4 Å². The summed E-state index contributed by atoms with van der Waals surface area (Å²) >= 11 is 0. The smallest absolute Gasteiger partial charge is 0.261 e. The predicted molar refractivity (Wildman–Crippen MR) is 175 cm³/mol. The van der Waals surface area contributed by atoms with E-state index >= 15 is 0 Å². The first-order valence-corrected chi connectivity index (χ1v) is 16.1. The van der Waals surface area contributed by atoms with Crippen LogP contribution in [0.2, 0.25) is 0 Å². The molecule has 4 fully saturated rings. The van der Waals surface area contributed by atoms with Crippen molar-refractivity contribution < 1.29 is 9.13 Å². The van der Waals surface area contributed by atoms with E-state index in [1.807, 2.05) is 17.0 Å². The third-order valence-electron chi connectivity index (χ3n) is 10.9. The quantitative estimate of drug-likeness (QED) is 0.223. The summed E-state index contributed by atoms with van der Waals surface area (Å²) < 4.78 is 21.1. The van der Waals surface area contributed by atoms with Crippen LogP contribution < -0.4 is 15.6 Å². The highest BCUT2D eigenvalue weighted by molar-refractivity contribution is 5.96. The van der Waals surface area contributed by atoms with Crippen LogP contribution in [0, 0.1) is 40.4 Å². The van der Waals surface area contributed by atoms with Crippen molar-refractivity contribution in [3.8, 4) is 11.9 Å². The highest BCUT2D eigenvalue weighted by Gasteiger charge is 2.56. The molecule has 1 saturated heterocycles. The number of aryl methyl sites for hydroxylation is 2. The number of rotatable bonds is 6. The molecule has 1 aliphatic heterocycles. The van der Waals surface area contributed by atoms with Gasteiger partial charge in [-0.3, -0.25) is 9.36 Å². The second-order valence-corrected chi connectivity index (χ2v) is 13.9. The van der Waals surface area contributed by atoms with Gasteiger partial charge in [0.2, 0.25) is 0 Å². The van der Waals surface area contributed by atoms with Crippen LogP contribution in [-0.2, 0) is 13.0 Å². The minimum absolute atomic E-state index is 0.0602. The number of ether oxygens (including phenoxy) is 1. The van der Waals surface area contributed by atoms with Gasteiger partial charge in [-0.25, -0.2) is 14.4 Å². The molecule has 0 spiro atoms. The van der Waals surface area contributed by atoms with E-state index in [2.05, 4.69) is 56.0 Å². The zero-order valence-corrected chi connectivity index (χ0v) is 27.1. The Hall–Kier alpha value is -4.13. The highest BCUT2D eigenvalue weighted by Crippen LogP contribution is 2.61. The molecule has 3 aromatic rings. The molecule has 45 heavy (non-hydrogen) atoms. The summed E-state index contributed by atoms with van der Waals surface area (Å²) in [5, 5.41) is 13.8. The molecular weight excluding hydrogens is 569 g/mol. The summed E-state index contributed by atoms with van der Waals surface area (Å²) in [6.45, 7) is 13.0. The van der Waals surface area contributed by atoms with Gasteiger partial charge in [-0.15, -0.1) is 0 Å². The number of halogens is 1. The molecule has 9 nitrogen and oxygen atoms in total. The number of hydrogen-bond acceptors (Lipinski definition) is 6. The van der Waals surface area contributed by atoms with E-state index < -0.39 is 0 Å². The Kier molecular flexibility index (Phi) is 8.23. The van der Waals surface area contributed by atoms with Crippen molar-refractivity contribution in [2.45, 2.75) is 78.6 Å². The lowest BCUT2D eigenvalue weighted by Crippen LogP contribution is -2.59. The number of benzene rings is 2. The summed E-state index contributed by atoms with van der Waals surface area (Å²) in [7, 11) is 1.50. The molecule has 10 heteroatoms. The van der Waals surface area contributed by atoms with Crippen LogP contribution >= 0.6 is 0 Å². The number of nitriles is 1. The molecule has 1 unspecified atom stereocenters. The van der Waals surface area contributed by atoms with Crippen LogP contribution in [0.5, 0.6) is 5.75 Å². The average Bonchev–Trinajstić information content (AvgIpc) is 3.01. The van der Waals surface area contributed by atoms with Gasteiger partial charge >= 0.3 is 0 Å². The van der Waals surface area contributed by atoms with Gasteiger partial charge in [0.15, 0.2) is 12.2 Å². The van der Waals surface area contributed by atoms with E-state index in [0.717, 1.165) is 18.1 Å². The van der Waals surface area contributed by atoms with Crippen molar-refractivity contribution in [1.29, 1.82) is 5.26 Å². The number of piperazine rings is 1. The molecule has 4 aliphatic rings. The molecule has 0 radical (unpaired) electrons. The van der Waals surface area contributed by atoms with Gasteiger partial charge in [0.1, 0.15) is 11.6 Å². The SMILES string of the molecule is COc1ccc(CCn2cnc3cc(NC(=NC4C[C@@H]5C[C@H]([C@@H]4C)C5(C)C)N4C[C@H](C)N(C#N)[C@@H](C)C4)ccc3c2=O)c(F)c1. The van der Waals surface area contributed by atoms with Crippen molar-refractivity contribution in [3.63, 3.8) is 0 Å². The molecule has 3 saturated carbocycles. The topological polar surface area (TPSA) is 98.8 Å². The maximum atomic E-state index is 14.5. The summed E-state index contributed by atoms with van der Waals surface area (Å²) in [4.78, 5) is 27.5. The summed E-state index contributed by atoms with van der Waals surface area (Å²) in [5.41, 5.74) is 2.12. The predicted octanol–water partition coefficient (Wildman–Crippen LogP) is 5.50. The van der Waals surface area contributed by atoms with Gasteiger partial charge in [0, 0.05) is 31.4 Å². The van der Waals surface area contributed by atoms with Crippen molar-refractivity contribution in [1.82, 2.24) is 19.4 Å². The molecule has 6 atom stereocenters. The van der Waals surface area contributed by atoms with Crippen molar-refractivity contribution >= 4 is 22.5 Å². The molecular formula is C35H44FN7O2. The average molecular weight is 614 g/mol. The largest absolute Gasteiger partial charge is 0.497 e. The number of methoxy groups -OCH3 is 1. The first-order valence-electron chi connectivity index (χ1n) is 16.1. The maximum absolute atomic E-state index is 14.5. The number of hydrogen-bond donors (Lipinski definition) is 1. The van der Waals surface area contributed by atoms with Gasteiger partial charge in [-0.05, 0) is 86.1 Å². The lowest BCUT2D eigenvalue weighted by Gasteiger charge is -2.61. The molecule has 0 amide bonds. The van der Waals surface area contributed by atoms with Crippen molar-refractivity contribution in [2.24, 2.45) is 28.2 Å². The molecule has 2 aromatic carbocycles. The Bertz CT molecular complexity index is 1700. The van der Waals surface area contributed by atoms with Crippen LogP contribution in [0.3, 0.4) is 0 Å². The van der Waals surface area contributed by atoms with Crippen LogP contribution in [0.25, 0.3) is 10.9 Å².